The molecule has 6 rings (SSSR count). The fourth-order valence-corrected chi connectivity index (χ4v) is 5.82. The van der Waals surface area contributed by atoms with Crippen LogP contribution in [0.15, 0.2) is 107 Å². The number of nitrogens with two attached hydrogens (primary N) is 1. The van der Waals surface area contributed by atoms with Gasteiger partial charge < -0.3 is 10.5 Å². The Kier molecular flexibility index (Phi) is 5.86. The monoisotopic (exact) mass is 554 g/mol. The molecular formula is C27H19BrN6OS. The Hall–Kier alpha value is -3.82. The predicted octanol–water partition coefficient (Wildman–Crippen LogP) is 6.02. The Morgan fingerprint density at radius 2 is 1.56 bits per heavy atom. The second kappa shape index (κ2) is 9.33. The van der Waals surface area contributed by atoms with Gasteiger partial charge in [-0.25, -0.2) is 4.99 Å². The lowest BCUT2D eigenvalue weighted by Gasteiger charge is -2.31. The summed E-state index contributed by atoms with van der Waals surface area (Å²) in [6.45, 7) is 0. The maximum Gasteiger partial charge on any atom is 0.165 e. The lowest BCUT2D eigenvalue weighted by Crippen LogP contribution is -2.31. The minimum absolute atomic E-state index is 0.313. The van der Waals surface area contributed by atoms with Crippen LogP contribution in [0, 0.1) is 0 Å². The second-order valence-electron chi connectivity index (χ2n) is 8.11. The van der Waals surface area contributed by atoms with Crippen LogP contribution in [-0.4, -0.2) is 25.1 Å². The molecule has 1 aliphatic heterocycles. The molecule has 1 aromatic carbocycles. The van der Waals surface area contributed by atoms with Gasteiger partial charge in [-0.3, -0.25) is 19.9 Å². The van der Waals surface area contributed by atoms with E-state index in [0.29, 0.717) is 16.7 Å². The number of aliphatic imine (C=N–C) groups is 1. The highest BCUT2D eigenvalue weighted by Gasteiger charge is 2.51. The number of ether oxygens (including phenoxy) is 1. The quantitative estimate of drug-likeness (QED) is 0.283. The summed E-state index contributed by atoms with van der Waals surface area (Å²) < 4.78 is 7.12. The molecule has 0 bridgehead atoms. The van der Waals surface area contributed by atoms with E-state index in [-0.39, 0.29) is 5.25 Å². The summed E-state index contributed by atoms with van der Waals surface area (Å²) in [5.41, 5.74) is 8.50. The number of rotatable bonds is 5. The van der Waals surface area contributed by atoms with Crippen molar-refractivity contribution < 1.29 is 4.74 Å². The van der Waals surface area contributed by atoms with Gasteiger partial charge in [0.2, 0.25) is 0 Å². The van der Waals surface area contributed by atoms with E-state index in [9.17, 15) is 0 Å². The summed E-state index contributed by atoms with van der Waals surface area (Å²) in [5.74, 6) is 1.33. The maximum atomic E-state index is 6.39. The Labute approximate surface area is 220 Å². The summed E-state index contributed by atoms with van der Waals surface area (Å²) >= 11 is 5.05. The number of amidine groups is 1. The molecule has 0 aliphatic carbocycles. The van der Waals surface area contributed by atoms with Gasteiger partial charge >= 0.3 is 0 Å². The first kappa shape index (κ1) is 22.6. The zero-order valence-electron chi connectivity index (χ0n) is 18.8. The van der Waals surface area contributed by atoms with Gasteiger partial charge in [0.15, 0.2) is 10.7 Å². The van der Waals surface area contributed by atoms with E-state index in [1.165, 1.54) is 11.8 Å². The number of benzene rings is 1. The van der Waals surface area contributed by atoms with Gasteiger partial charge in [0.1, 0.15) is 11.5 Å². The number of hydrogen-bond acceptors (Lipinski definition) is 8. The maximum absolute atomic E-state index is 6.39. The van der Waals surface area contributed by atoms with Gasteiger partial charge in [0, 0.05) is 36.2 Å². The van der Waals surface area contributed by atoms with Gasteiger partial charge in [0.25, 0.3) is 0 Å². The summed E-state index contributed by atoms with van der Waals surface area (Å²) in [7, 11) is 0. The third-order valence-corrected chi connectivity index (χ3v) is 7.70. The largest absolute Gasteiger partial charge is 0.455 e. The molecule has 0 saturated heterocycles. The van der Waals surface area contributed by atoms with Crippen LogP contribution in [0.1, 0.15) is 22.3 Å². The van der Waals surface area contributed by atoms with Crippen LogP contribution < -0.4 is 10.5 Å². The lowest BCUT2D eigenvalue weighted by molar-refractivity contribution is 0.474. The molecule has 9 heteroatoms. The fourth-order valence-electron chi connectivity index (χ4n) is 4.37. The number of pyridine rings is 4. The van der Waals surface area contributed by atoms with E-state index in [2.05, 4.69) is 30.9 Å². The summed E-state index contributed by atoms with van der Waals surface area (Å²) in [6, 6.07) is 23.1. The number of thioether (sulfide) groups is 1. The third kappa shape index (κ3) is 3.90. The van der Waals surface area contributed by atoms with E-state index in [1.807, 2.05) is 72.8 Å². The van der Waals surface area contributed by atoms with Gasteiger partial charge in [-0.2, -0.15) is 0 Å². The molecule has 0 saturated carbocycles. The van der Waals surface area contributed by atoms with Crippen molar-refractivity contribution >= 4 is 43.8 Å². The van der Waals surface area contributed by atoms with E-state index in [0.717, 1.165) is 32.5 Å². The van der Waals surface area contributed by atoms with E-state index < -0.39 is 5.54 Å². The van der Waals surface area contributed by atoms with Crippen molar-refractivity contribution in [2.45, 2.75) is 10.8 Å². The van der Waals surface area contributed by atoms with Gasteiger partial charge in [0.05, 0.1) is 32.3 Å². The first-order valence-electron chi connectivity index (χ1n) is 11.2. The second-order valence-corrected chi connectivity index (χ2v) is 10.1. The van der Waals surface area contributed by atoms with Crippen LogP contribution in [0.25, 0.3) is 10.9 Å². The van der Waals surface area contributed by atoms with Crippen LogP contribution in [0.4, 0.5) is 0 Å². The summed E-state index contributed by atoms with van der Waals surface area (Å²) in [4.78, 5) is 23.5. The van der Waals surface area contributed by atoms with Crippen molar-refractivity contribution in [1.29, 1.82) is 0 Å². The zero-order chi connectivity index (χ0) is 24.5. The average molecular weight is 555 g/mol. The Balaban J connectivity index is 1.48. The third-order valence-electron chi connectivity index (χ3n) is 5.95. The normalized spacial score (nSPS) is 16.6. The van der Waals surface area contributed by atoms with Crippen LogP contribution in [0.3, 0.4) is 0 Å². The molecule has 0 spiro atoms. The molecule has 0 fully saturated rings. The lowest BCUT2D eigenvalue weighted by atomic mass is 9.85. The first-order chi connectivity index (χ1) is 17.6. The van der Waals surface area contributed by atoms with E-state index in [4.69, 9.17) is 20.4 Å². The summed E-state index contributed by atoms with van der Waals surface area (Å²) in [5, 5.41) is 1.06. The number of hydrogen-bond donors (Lipinski definition) is 1. The number of halogens is 1. The Morgan fingerprint density at radius 1 is 0.806 bits per heavy atom. The fraction of sp³-hybridized carbons (Fsp3) is 0.0741. The number of fused-ring (bicyclic) bond motifs is 1. The molecule has 4 aromatic heterocycles. The molecule has 2 N–H and O–H groups in total. The highest BCUT2D eigenvalue weighted by molar-refractivity contribution is 9.10. The topological polar surface area (TPSA) is 99.2 Å². The molecule has 176 valence electrons. The van der Waals surface area contributed by atoms with Crippen LogP contribution in [0.2, 0.25) is 0 Å². The first-order valence-corrected chi connectivity index (χ1v) is 12.8. The van der Waals surface area contributed by atoms with Gasteiger partial charge in [-0.05, 0) is 64.5 Å². The SMILES string of the molecule is NC1=NC(c2ccccn2)(c2ccccn2)C(c2cc(Oc3cccc4ncccc34)c(Br)cn2)S1. The molecule has 5 aromatic rings. The smallest absolute Gasteiger partial charge is 0.165 e. The molecule has 36 heavy (non-hydrogen) atoms. The number of aromatic nitrogens is 4. The van der Waals surface area contributed by atoms with Crippen LogP contribution in [-0.2, 0) is 5.54 Å². The Bertz CT molecular complexity index is 1540. The van der Waals surface area contributed by atoms with E-state index >= 15 is 0 Å². The molecule has 0 radical (unpaired) electrons. The summed E-state index contributed by atoms with van der Waals surface area (Å²) in [6.07, 6.45) is 7.02. The van der Waals surface area contributed by atoms with Crippen molar-refractivity contribution in [3.8, 4) is 11.5 Å². The van der Waals surface area contributed by atoms with Crippen LogP contribution >= 0.6 is 27.7 Å². The number of nitrogens with zero attached hydrogens (tertiary/aromatic N) is 5. The van der Waals surface area contributed by atoms with Crippen molar-refractivity contribution in [1.82, 2.24) is 19.9 Å². The highest BCUT2D eigenvalue weighted by Crippen LogP contribution is 2.55. The molecule has 1 atom stereocenters. The molecule has 0 amide bonds. The van der Waals surface area contributed by atoms with E-state index in [1.54, 1.807) is 24.8 Å². The Morgan fingerprint density at radius 3 is 2.28 bits per heavy atom. The predicted molar refractivity (Wildman–Crippen MR) is 145 cm³/mol. The molecule has 7 nitrogen and oxygen atoms in total. The molecule has 1 unspecified atom stereocenters. The minimum atomic E-state index is -0.946. The van der Waals surface area contributed by atoms with Crippen molar-refractivity contribution in [2.24, 2.45) is 10.7 Å². The van der Waals surface area contributed by atoms with Gasteiger partial charge in [-0.1, -0.05) is 30.0 Å². The average Bonchev–Trinajstić information content (AvgIpc) is 3.29. The van der Waals surface area contributed by atoms with Crippen molar-refractivity contribution in [2.75, 3.05) is 0 Å². The standard InChI is InChI=1S/C27H19BrN6OS/c28-18-16-33-20(15-22(18)35-21-9-5-8-19-17(21)7-6-14-30-19)25-27(34-26(29)36-25,23-10-1-3-12-31-23)24-11-2-4-13-32-24/h1-16,25H,(H2,29,34). The van der Waals surface area contributed by atoms with Crippen molar-refractivity contribution in [3.63, 3.8) is 0 Å². The molecule has 5 heterocycles. The van der Waals surface area contributed by atoms with Crippen molar-refractivity contribution in [3.05, 3.63) is 119 Å². The molecule has 1 aliphatic rings. The highest BCUT2D eigenvalue weighted by atomic mass is 79.9. The minimum Gasteiger partial charge on any atom is -0.455 e. The molecular weight excluding hydrogens is 536 g/mol. The van der Waals surface area contributed by atoms with Crippen LogP contribution in [0.5, 0.6) is 11.5 Å². The zero-order valence-corrected chi connectivity index (χ0v) is 21.2. The van der Waals surface area contributed by atoms with Gasteiger partial charge in [-0.15, -0.1) is 0 Å².